The number of nitrogens with zero attached hydrogens (tertiary/aromatic N) is 1. The molecule has 1 aromatic heterocycles. The van der Waals surface area contributed by atoms with E-state index in [9.17, 15) is 0 Å². The summed E-state index contributed by atoms with van der Waals surface area (Å²) >= 11 is 1.69. The lowest BCUT2D eigenvalue weighted by atomic mass is 10.1. The summed E-state index contributed by atoms with van der Waals surface area (Å²) in [5.74, 6) is 0. The third-order valence-electron chi connectivity index (χ3n) is 2.72. The number of benzene rings is 1. The van der Waals surface area contributed by atoms with Crippen molar-refractivity contribution in [2.24, 2.45) is 0 Å². The normalized spacial score (nSPS) is 10.8. The van der Waals surface area contributed by atoms with Gasteiger partial charge in [-0.1, -0.05) is 18.2 Å². The number of para-hydroxylation sites is 1. The predicted octanol–water partition coefficient (Wildman–Crippen LogP) is 3.00. The van der Waals surface area contributed by atoms with Gasteiger partial charge in [0.15, 0.2) is 0 Å². The predicted molar refractivity (Wildman–Crippen MR) is 79.9 cm³/mol. The van der Waals surface area contributed by atoms with Gasteiger partial charge in [0.05, 0.1) is 6.54 Å². The number of rotatable bonds is 5. The van der Waals surface area contributed by atoms with E-state index in [2.05, 4.69) is 48.6 Å². The molecule has 96 valence electrons. The van der Waals surface area contributed by atoms with Crippen molar-refractivity contribution in [1.29, 1.82) is 0 Å². The maximum Gasteiger partial charge on any atom is 0.0514 e. The van der Waals surface area contributed by atoms with Gasteiger partial charge in [0.2, 0.25) is 0 Å². The van der Waals surface area contributed by atoms with Crippen molar-refractivity contribution in [2.75, 3.05) is 25.1 Å². The summed E-state index contributed by atoms with van der Waals surface area (Å²) in [4.78, 5) is 3.36. The second kappa shape index (κ2) is 5.89. The molecule has 0 aliphatic rings. The minimum absolute atomic E-state index is 0.786. The van der Waals surface area contributed by atoms with Crippen LogP contribution in [-0.2, 0) is 13.1 Å². The molecular weight excluding hydrogens is 242 g/mol. The number of nitrogens with two attached hydrogens (primary N) is 1. The van der Waals surface area contributed by atoms with Crippen molar-refractivity contribution in [1.82, 2.24) is 4.90 Å². The van der Waals surface area contributed by atoms with Crippen molar-refractivity contribution in [2.45, 2.75) is 13.1 Å². The van der Waals surface area contributed by atoms with Crippen LogP contribution in [0.25, 0.3) is 0 Å². The Morgan fingerprint density at radius 3 is 2.67 bits per heavy atom. The molecule has 0 unspecified atom stereocenters. The van der Waals surface area contributed by atoms with E-state index in [1.54, 1.807) is 11.3 Å². The Morgan fingerprint density at radius 2 is 2.00 bits per heavy atom. The van der Waals surface area contributed by atoms with Crippen molar-refractivity contribution in [3.63, 3.8) is 0 Å². The van der Waals surface area contributed by atoms with Gasteiger partial charge in [-0.15, -0.1) is 11.3 Å². The van der Waals surface area contributed by atoms with E-state index in [-0.39, 0.29) is 0 Å². The third-order valence-corrected chi connectivity index (χ3v) is 3.66. The van der Waals surface area contributed by atoms with Gasteiger partial charge in [-0.05, 0) is 37.2 Å². The van der Waals surface area contributed by atoms with Crippen LogP contribution in [0.3, 0.4) is 0 Å². The molecule has 0 fully saturated rings. The Balaban J connectivity index is 2.07. The molecule has 1 heterocycles. The van der Waals surface area contributed by atoms with Gasteiger partial charge in [-0.3, -0.25) is 0 Å². The molecule has 3 nitrogen and oxygen atoms in total. The van der Waals surface area contributed by atoms with Crippen molar-refractivity contribution < 1.29 is 0 Å². The topological polar surface area (TPSA) is 41.3 Å². The minimum atomic E-state index is 0.786. The lowest BCUT2D eigenvalue weighted by molar-refractivity contribution is 0.403. The van der Waals surface area contributed by atoms with E-state index in [1.807, 2.05) is 11.4 Å². The fourth-order valence-corrected chi connectivity index (χ4v) is 2.58. The maximum atomic E-state index is 5.89. The fourth-order valence-electron chi connectivity index (χ4n) is 1.84. The highest BCUT2D eigenvalue weighted by Gasteiger charge is 2.04. The second-order valence-electron chi connectivity index (χ2n) is 4.55. The summed E-state index contributed by atoms with van der Waals surface area (Å²) in [5, 5.41) is 5.49. The summed E-state index contributed by atoms with van der Waals surface area (Å²) in [5.41, 5.74) is 9.24. The van der Waals surface area contributed by atoms with Crippen LogP contribution in [0.4, 0.5) is 11.4 Å². The molecule has 2 rings (SSSR count). The minimum Gasteiger partial charge on any atom is -0.398 e. The molecule has 0 amide bonds. The van der Waals surface area contributed by atoms with Gasteiger partial charge >= 0.3 is 0 Å². The van der Waals surface area contributed by atoms with Gasteiger partial charge in [-0.2, -0.15) is 0 Å². The van der Waals surface area contributed by atoms with E-state index in [1.165, 1.54) is 16.1 Å². The Hall–Kier alpha value is -1.52. The first kappa shape index (κ1) is 12.9. The molecule has 0 saturated carbocycles. The zero-order chi connectivity index (χ0) is 13.0. The van der Waals surface area contributed by atoms with Crippen LogP contribution in [-0.4, -0.2) is 19.0 Å². The number of hydrogen-bond acceptors (Lipinski definition) is 4. The van der Waals surface area contributed by atoms with Crippen molar-refractivity contribution in [3.8, 4) is 0 Å². The first-order valence-corrected chi connectivity index (χ1v) is 6.83. The highest BCUT2D eigenvalue weighted by Crippen LogP contribution is 2.22. The Bertz CT molecular complexity index is 505. The summed E-state index contributed by atoms with van der Waals surface area (Å²) < 4.78 is 0. The molecule has 0 saturated heterocycles. The average molecular weight is 261 g/mol. The average Bonchev–Trinajstić information content (AvgIpc) is 2.73. The largest absolute Gasteiger partial charge is 0.398 e. The maximum absolute atomic E-state index is 5.89. The first-order valence-electron chi connectivity index (χ1n) is 5.95. The van der Waals surface area contributed by atoms with Crippen molar-refractivity contribution >= 4 is 22.7 Å². The molecule has 0 aliphatic heterocycles. The lowest BCUT2D eigenvalue weighted by Gasteiger charge is -2.15. The van der Waals surface area contributed by atoms with Gasteiger partial charge in [-0.25, -0.2) is 0 Å². The summed E-state index contributed by atoms with van der Waals surface area (Å²) in [6, 6.07) is 10.3. The summed E-state index contributed by atoms with van der Waals surface area (Å²) in [7, 11) is 4.15. The third kappa shape index (κ3) is 3.24. The smallest absolute Gasteiger partial charge is 0.0514 e. The van der Waals surface area contributed by atoms with Crippen LogP contribution in [0.2, 0.25) is 0 Å². The molecule has 3 N–H and O–H groups in total. The molecule has 0 radical (unpaired) electrons. The van der Waals surface area contributed by atoms with E-state index < -0.39 is 0 Å². The fraction of sp³-hybridized carbons (Fsp3) is 0.286. The number of nitrogens with one attached hydrogen (secondary N) is 1. The van der Waals surface area contributed by atoms with Crippen molar-refractivity contribution in [3.05, 3.63) is 46.2 Å². The van der Waals surface area contributed by atoms with Crippen LogP contribution < -0.4 is 11.1 Å². The van der Waals surface area contributed by atoms with Gasteiger partial charge < -0.3 is 16.0 Å². The molecule has 18 heavy (non-hydrogen) atoms. The molecular formula is C14H19N3S. The van der Waals surface area contributed by atoms with Crippen LogP contribution in [0.5, 0.6) is 0 Å². The zero-order valence-electron chi connectivity index (χ0n) is 10.8. The van der Waals surface area contributed by atoms with Crippen LogP contribution in [0.15, 0.2) is 35.7 Å². The summed E-state index contributed by atoms with van der Waals surface area (Å²) in [6.45, 7) is 1.72. The summed E-state index contributed by atoms with van der Waals surface area (Å²) in [6.07, 6.45) is 0. The van der Waals surface area contributed by atoms with E-state index >= 15 is 0 Å². The highest BCUT2D eigenvalue weighted by molar-refractivity contribution is 7.10. The van der Waals surface area contributed by atoms with Gasteiger partial charge in [0.1, 0.15) is 0 Å². The number of hydrogen-bond donors (Lipinski definition) is 2. The highest BCUT2D eigenvalue weighted by atomic mass is 32.1. The van der Waals surface area contributed by atoms with Gasteiger partial charge in [0.25, 0.3) is 0 Å². The lowest BCUT2D eigenvalue weighted by Crippen LogP contribution is -2.12. The SMILES string of the molecule is CN(C)Cc1ccccc1NCc1sccc1N. The molecule has 0 spiro atoms. The van der Waals surface area contributed by atoms with E-state index in [0.29, 0.717) is 0 Å². The van der Waals surface area contributed by atoms with Crippen LogP contribution >= 0.6 is 11.3 Å². The van der Waals surface area contributed by atoms with E-state index in [0.717, 1.165) is 18.8 Å². The van der Waals surface area contributed by atoms with Crippen LogP contribution in [0.1, 0.15) is 10.4 Å². The Labute approximate surface area is 112 Å². The Morgan fingerprint density at radius 1 is 1.22 bits per heavy atom. The number of nitrogen functional groups attached to an aromatic ring is 1. The molecule has 0 aliphatic carbocycles. The number of anilines is 2. The van der Waals surface area contributed by atoms with E-state index in [4.69, 9.17) is 5.73 Å². The van der Waals surface area contributed by atoms with Crippen LogP contribution in [0, 0.1) is 0 Å². The second-order valence-corrected chi connectivity index (χ2v) is 5.55. The molecule has 0 atom stereocenters. The monoisotopic (exact) mass is 261 g/mol. The molecule has 2 aromatic rings. The quantitative estimate of drug-likeness (QED) is 0.869. The van der Waals surface area contributed by atoms with Gasteiger partial charge in [0, 0.05) is 22.8 Å². The Kier molecular flexibility index (Phi) is 4.23. The molecule has 0 bridgehead atoms. The first-order chi connectivity index (χ1) is 8.66. The standard InChI is InChI=1S/C14H19N3S/c1-17(2)10-11-5-3-4-6-13(11)16-9-14-12(15)7-8-18-14/h3-8,16H,9-10,15H2,1-2H3. The zero-order valence-corrected chi connectivity index (χ0v) is 11.6. The number of thiophene rings is 1. The molecule has 1 aromatic carbocycles. The molecule has 4 heteroatoms.